The topological polar surface area (TPSA) is 73.4 Å². The lowest BCUT2D eigenvalue weighted by Gasteiger charge is -2.17. The number of amides is 1. The van der Waals surface area contributed by atoms with Crippen LogP contribution >= 0.6 is 0 Å². The Bertz CT molecular complexity index is 954. The number of rotatable bonds is 7. The van der Waals surface area contributed by atoms with Gasteiger partial charge in [0.05, 0.1) is 17.0 Å². The summed E-state index contributed by atoms with van der Waals surface area (Å²) >= 11 is 0. The summed E-state index contributed by atoms with van der Waals surface area (Å²) in [5.74, 6) is 1.31. The minimum atomic E-state index is -0.0635. The fourth-order valence-electron chi connectivity index (χ4n) is 3.01. The van der Waals surface area contributed by atoms with Crippen molar-refractivity contribution in [2.45, 2.75) is 47.4 Å². The molecule has 28 heavy (non-hydrogen) atoms. The minimum absolute atomic E-state index is 0.0635. The molecule has 0 saturated carbocycles. The Hall–Kier alpha value is -3.09. The second kappa shape index (κ2) is 8.29. The highest BCUT2D eigenvalue weighted by molar-refractivity contribution is 5.94. The van der Waals surface area contributed by atoms with Crippen molar-refractivity contribution in [3.63, 3.8) is 0 Å². The third-order valence-corrected chi connectivity index (χ3v) is 4.77. The van der Waals surface area contributed by atoms with Crippen LogP contribution in [0.3, 0.4) is 0 Å². The molecule has 0 bridgehead atoms. The largest absolute Gasteiger partial charge is 0.489 e. The van der Waals surface area contributed by atoms with Crippen LogP contribution in [0.4, 0.5) is 0 Å². The molecule has 148 valence electrons. The van der Waals surface area contributed by atoms with Crippen molar-refractivity contribution in [3.8, 4) is 5.75 Å². The summed E-state index contributed by atoms with van der Waals surface area (Å²) in [6.07, 6.45) is 1.99. The van der Waals surface area contributed by atoms with Gasteiger partial charge in [-0.25, -0.2) is 0 Å². The van der Waals surface area contributed by atoms with Crippen LogP contribution in [-0.4, -0.2) is 32.8 Å². The normalized spacial score (nSPS) is 10.9. The summed E-state index contributed by atoms with van der Waals surface area (Å²) in [4.78, 5) is 14.5. The van der Waals surface area contributed by atoms with Gasteiger partial charge in [0.15, 0.2) is 0 Å². The first-order valence-electron chi connectivity index (χ1n) is 9.32. The van der Waals surface area contributed by atoms with Crippen LogP contribution < -0.4 is 4.74 Å². The molecule has 0 radical (unpaired) electrons. The first kappa shape index (κ1) is 19.7. The molecule has 0 atom stereocenters. The van der Waals surface area contributed by atoms with Crippen molar-refractivity contribution in [2.75, 3.05) is 7.05 Å². The van der Waals surface area contributed by atoms with E-state index in [9.17, 15) is 4.79 Å². The summed E-state index contributed by atoms with van der Waals surface area (Å²) in [6, 6.07) is 7.22. The van der Waals surface area contributed by atoms with Gasteiger partial charge in [0, 0.05) is 37.5 Å². The standard InChI is InChI=1S/C21H26N4O3/c1-6-25-12-18(14(2)22-25)11-24(5)21(26)17-8-7-9-19(10-17)27-13-20-15(3)23-28-16(20)4/h7-10,12H,6,11,13H2,1-5H3. The molecule has 2 aromatic heterocycles. The van der Waals surface area contributed by atoms with E-state index in [0.717, 1.165) is 34.8 Å². The third-order valence-electron chi connectivity index (χ3n) is 4.77. The van der Waals surface area contributed by atoms with Gasteiger partial charge in [0.1, 0.15) is 18.1 Å². The SMILES string of the molecule is CCn1cc(CN(C)C(=O)c2cccc(OCc3c(C)noc3C)c2)c(C)n1. The van der Waals surface area contributed by atoms with E-state index in [4.69, 9.17) is 9.26 Å². The maximum absolute atomic E-state index is 12.8. The van der Waals surface area contributed by atoms with Crippen LogP contribution in [0.2, 0.25) is 0 Å². The molecule has 7 nitrogen and oxygen atoms in total. The Morgan fingerprint density at radius 3 is 2.68 bits per heavy atom. The van der Waals surface area contributed by atoms with Gasteiger partial charge in [-0.15, -0.1) is 0 Å². The van der Waals surface area contributed by atoms with E-state index >= 15 is 0 Å². The average molecular weight is 382 g/mol. The molecule has 3 rings (SSSR count). The summed E-state index contributed by atoms with van der Waals surface area (Å²) in [6.45, 7) is 9.41. The predicted molar refractivity (Wildman–Crippen MR) is 105 cm³/mol. The lowest BCUT2D eigenvalue weighted by Crippen LogP contribution is -2.26. The highest BCUT2D eigenvalue weighted by Crippen LogP contribution is 2.20. The molecule has 0 aliphatic heterocycles. The fourth-order valence-corrected chi connectivity index (χ4v) is 3.01. The highest BCUT2D eigenvalue weighted by atomic mass is 16.5. The number of ether oxygens (including phenoxy) is 1. The molecule has 0 N–H and O–H groups in total. The van der Waals surface area contributed by atoms with E-state index < -0.39 is 0 Å². The molecule has 0 spiro atoms. The van der Waals surface area contributed by atoms with E-state index in [1.165, 1.54) is 0 Å². The van der Waals surface area contributed by atoms with Gasteiger partial charge in [-0.1, -0.05) is 11.2 Å². The number of benzene rings is 1. The van der Waals surface area contributed by atoms with Crippen molar-refractivity contribution in [3.05, 3.63) is 64.3 Å². The molecule has 1 amide bonds. The summed E-state index contributed by atoms with van der Waals surface area (Å²) in [5, 5.41) is 8.37. The van der Waals surface area contributed by atoms with Crippen LogP contribution in [0.1, 0.15) is 45.6 Å². The third kappa shape index (κ3) is 4.24. The van der Waals surface area contributed by atoms with Gasteiger partial charge in [-0.05, 0) is 45.9 Å². The Morgan fingerprint density at radius 2 is 2.04 bits per heavy atom. The number of carbonyl (C=O) groups excluding carboxylic acids is 1. The van der Waals surface area contributed by atoms with Gasteiger partial charge >= 0.3 is 0 Å². The van der Waals surface area contributed by atoms with Gasteiger partial charge < -0.3 is 14.2 Å². The first-order valence-corrected chi connectivity index (χ1v) is 9.32. The van der Waals surface area contributed by atoms with Crippen molar-refractivity contribution in [1.29, 1.82) is 0 Å². The van der Waals surface area contributed by atoms with Gasteiger partial charge in [-0.2, -0.15) is 5.10 Å². The number of aryl methyl sites for hydroxylation is 4. The zero-order chi connectivity index (χ0) is 20.3. The molecule has 1 aromatic carbocycles. The van der Waals surface area contributed by atoms with Crippen LogP contribution in [-0.2, 0) is 19.7 Å². The summed E-state index contributed by atoms with van der Waals surface area (Å²) in [5.41, 5.74) is 4.31. The lowest BCUT2D eigenvalue weighted by atomic mass is 10.1. The van der Waals surface area contributed by atoms with Crippen LogP contribution in [0, 0.1) is 20.8 Å². The molecule has 0 saturated heterocycles. The number of aromatic nitrogens is 3. The van der Waals surface area contributed by atoms with Gasteiger partial charge in [-0.3, -0.25) is 9.48 Å². The van der Waals surface area contributed by atoms with Crippen LogP contribution in [0.15, 0.2) is 35.0 Å². The number of hydrogen-bond donors (Lipinski definition) is 0. The molecule has 3 aromatic rings. The zero-order valence-corrected chi connectivity index (χ0v) is 17.0. The second-order valence-electron chi connectivity index (χ2n) is 6.88. The minimum Gasteiger partial charge on any atom is -0.489 e. The lowest BCUT2D eigenvalue weighted by molar-refractivity contribution is 0.0784. The monoisotopic (exact) mass is 382 g/mol. The van der Waals surface area contributed by atoms with Crippen molar-refractivity contribution in [2.24, 2.45) is 0 Å². The Kier molecular flexibility index (Phi) is 5.82. The van der Waals surface area contributed by atoms with Crippen LogP contribution in [0.5, 0.6) is 5.75 Å². The zero-order valence-electron chi connectivity index (χ0n) is 17.0. The van der Waals surface area contributed by atoms with Crippen molar-refractivity contribution < 1.29 is 14.1 Å². The maximum atomic E-state index is 12.8. The smallest absolute Gasteiger partial charge is 0.254 e. The number of hydrogen-bond acceptors (Lipinski definition) is 5. The molecular weight excluding hydrogens is 356 g/mol. The van der Waals surface area contributed by atoms with E-state index in [-0.39, 0.29) is 5.91 Å². The molecule has 7 heteroatoms. The van der Waals surface area contributed by atoms with E-state index in [2.05, 4.69) is 10.3 Å². The molecule has 0 aliphatic rings. The fraction of sp³-hybridized carbons (Fsp3) is 0.381. The summed E-state index contributed by atoms with van der Waals surface area (Å²) < 4.78 is 12.9. The molecule has 2 heterocycles. The first-order chi connectivity index (χ1) is 13.4. The Morgan fingerprint density at radius 1 is 1.25 bits per heavy atom. The quantitative estimate of drug-likeness (QED) is 0.623. The van der Waals surface area contributed by atoms with Crippen molar-refractivity contribution >= 4 is 5.91 Å². The summed E-state index contributed by atoms with van der Waals surface area (Å²) in [7, 11) is 1.79. The Balaban J connectivity index is 1.68. The second-order valence-corrected chi connectivity index (χ2v) is 6.88. The molecule has 0 unspecified atom stereocenters. The van der Waals surface area contributed by atoms with Gasteiger partial charge in [0.25, 0.3) is 5.91 Å². The molecule has 0 aliphatic carbocycles. The number of carbonyl (C=O) groups is 1. The van der Waals surface area contributed by atoms with Gasteiger partial charge in [0.2, 0.25) is 0 Å². The van der Waals surface area contributed by atoms with E-state index in [1.807, 2.05) is 50.7 Å². The van der Waals surface area contributed by atoms with E-state index in [1.54, 1.807) is 24.1 Å². The number of nitrogens with zero attached hydrogens (tertiary/aromatic N) is 4. The van der Waals surface area contributed by atoms with E-state index in [0.29, 0.717) is 24.5 Å². The molecular formula is C21H26N4O3. The Labute approximate surface area is 164 Å². The molecule has 0 fully saturated rings. The van der Waals surface area contributed by atoms with Crippen molar-refractivity contribution in [1.82, 2.24) is 19.8 Å². The average Bonchev–Trinajstić information content (AvgIpc) is 3.21. The van der Waals surface area contributed by atoms with Crippen LogP contribution in [0.25, 0.3) is 0 Å². The predicted octanol–water partition coefficient (Wildman–Crippen LogP) is 3.67. The maximum Gasteiger partial charge on any atom is 0.254 e. The highest BCUT2D eigenvalue weighted by Gasteiger charge is 2.16.